The van der Waals surface area contributed by atoms with Gasteiger partial charge in [-0.2, -0.15) is 5.26 Å². The molecule has 1 aliphatic rings. The van der Waals surface area contributed by atoms with Gasteiger partial charge in [-0.15, -0.1) is 0 Å². The molecule has 0 aromatic heterocycles. The molecule has 1 N–H and O–H groups in total. The van der Waals surface area contributed by atoms with Crippen molar-refractivity contribution in [3.8, 4) is 6.07 Å². The third-order valence-corrected chi connectivity index (χ3v) is 3.24. The van der Waals surface area contributed by atoms with E-state index in [0.29, 0.717) is 12.6 Å². The minimum atomic E-state index is -0.183. The Kier molecular flexibility index (Phi) is 4.19. The molecule has 1 atom stereocenters. The molecule has 1 heterocycles. The zero-order chi connectivity index (χ0) is 12.8. The molecule has 0 aliphatic carbocycles. The van der Waals surface area contributed by atoms with E-state index in [-0.39, 0.29) is 12.3 Å². The molecule has 1 fully saturated rings. The van der Waals surface area contributed by atoms with E-state index in [9.17, 15) is 4.79 Å². The number of hydrogen-bond donors (Lipinski definition) is 1. The maximum atomic E-state index is 11.3. The minimum Gasteiger partial charge on any atom is -0.367 e. The molecule has 1 amide bonds. The zero-order valence-electron chi connectivity index (χ0n) is 10.3. The molecule has 0 radical (unpaired) electrons. The van der Waals surface area contributed by atoms with Gasteiger partial charge < -0.3 is 10.2 Å². The van der Waals surface area contributed by atoms with Crippen LogP contribution < -0.4 is 10.2 Å². The summed E-state index contributed by atoms with van der Waals surface area (Å²) in [6.45, 7) is 1.65. The first-order valence-electron chi connectivity index (χ1n) is 6.26. The lowest BCUT2D eigenvalue weighted by Gasteiger charge is -2.26. The number of anilines is 1. The van der Waals surface area contributed by atoms with Crippen LogP contribution in [0.15, 0.2) is 30.3 Å². The van der Waals surface area contributed by atoms with Crippen LogP contribution in [0, 0.1) is 11.3 Å². The number of carbonyl (C=O) groups is 1. The molecule has 1 aromatic carbocycles. The van der Waals surface area contributed by atoms with Crippen molar-refractivity contribution in [3.05, 3.63) is 30.3 Å². The third-order valence-electron chi connectivity index (χ3n) is 3.24. The number of rotatable bonds is 4. The van der Waals surface area contributed by atoms with Gasteiger partial charge in [0.2, 0.25) is 5.91 Å². The smallest absolute Gasteiger partial charge is 0.234 e. The SMILES string of the molecule is N#CCC(=O)NCC1CCCN1c1ccccc1. The van der Waals surface area contributed by atoms with Crippen LogP contribution in [0.1, 0.15) is 19.3 Å². The van der Waals surface area contributed by atoms with E-state index >= 15 is 0 Å². The fourth-order valence-electron chi connectivity index (χ4n) is 2.37. The summed E-state index contributed by atoms with van der Waals surface area (Å²) in [4.78, 5) is 13.6. The predicted octanol–water partition coefficient (Wildman–Crippen LogP) is 1.69. The second-order valence-corrected chi connectivity index (χ2v) is 4.46. The second-order valence-electron chi connectivity index (χ2n) is 4.46. The van der Waals surface area contributed by atoms with E-state index in [4.69, 9.17) is 5.26 Å². The van der Waals surface area contributed by atoms with Crippen LogP contribution in [0.5, 0.6) is 0 Å². The molecule has 0 spiro atoms. The van der Waals surface area contributed by atoms with Crippen LogP contribution in [0.4, 0.5) is 5.69 Å². The van der Waals surface area contributed by atoms with Crippen LogP contribution in [-0.4, -0.2) is 25.0 Å². The maximum Gasteiger partial charge on any atom is 0.234 e. The highest BCUT2D eigenvalue weighted by Crippen LogP contribution is 2.24. The van der Waals surface area contributed by atoms with Crippen molar-refractivity contribution in [1.82, 2.24) is 5.32 Å². The lowest BCUT2D eigenvalue weighted by molar-refractivity contribution is -0.120. The highest BCUT2D eigenvalue weighted by molar-refractivity contribution is 5.78. The van der Waals surface area contributed by atoms with Gasteiger partial charge >= 0.3 is 0 Å². The topological polar surface area (TPSA) is 56.1 Å². The molecule has 94 valence electrons. The Morgan fingerprint density at radius 3 is 2.94 bits per heavy atom. The Labute approximate surface area is 107 Å². The number of carbonyl (C=O) groups excluding carboxylic acids is 1. The fraction of sp³-hybridized carbons (Fsp3) is 0.429. The summed E-state index contributed by atoms with van der Waals surface area (Å²) < 4.78 is 0. The number of nitrogens with zero attached hydrogens (tertiary/aromatic N) is 2. The van der Waals surface area contributed by atoms with Gasteiger partial charge in [-0.1, -0.05) is 18.2 Å². The number of benzene rings is 1. The molecule has 18 heavy (non-hydrogen) atoms. The summed E-state index contributed by atoms with van der Waals surface area (Å²) in [6.07, 6.45) is 2.17. The van der Waals surface area contributed by atoms with Crippen LogP contribution in [0.3, 0.4) is 0 Å². The van der Waals surface area contributed by atoms with Crippen molar-refractivity contribution in [2.75, 3.05) is 18.0 Å². The van der Waals surface area contributed by atoms with Crippen LogP contribution in [-0.2, 0) is 4.79 Å². The molecule has 1 saturated heterocycles. The minimum absolute atomic E-state index is 0.0575. The Morgan fingerprint density at radius 2 is 2.22 bits per heavy atom. The molecular formula is C14H17N3O. The molecule has 0 bridgehead atoms. The van der Waals surface area contributed by atoms with Crippen molar-refractivity contribution in [2.24, 2.45) is 0 Å². The Balaban J connectivity index is 1.92. The lowest BCUT2D eigenvalue weighted by Crippen LogP contribution is -2.40. The standard InChI is InChI=1S/C14H17N3O/c15-9-8-14(18)16-11-13-7-4-10-17(13)12-5-2-1-3-6-12/h1-3,5-6,13H,4,7-8,10-11H2,(H,16,18). The Morgan fingerprint density at radius 1 is 1.44 bits per heavy atom. The lowest BCUT2D eigenvalue weighted by atomic mass is 10.2. The zero-order valence-corrected chi connectivity index (χ0v) is 10.3. The number of para-hydroxylation sites is 1. The van der Waals surface area contributed by atoms with Gasteiger partial charge in [0.1, 0.15) is 6.42 Å². The first kappa shape index (κ1) is 12.4. The van der Waals surface area contributed by atoms with Crippen molar-refractivity contribution in [3.63, 3.8) is 0 Å². The maximum absolute atomic E-state index is 11.3. The Hall–Kier alpha value is -2.02. The largest absolute Gasteiger partial charge is 0.367 e. The first-order chi connectivity index (χ1) is 8.81. The van der Waals surface area contributed by atoms with Gasteiger partial charge in [-0.05, 0) is 25.0 Å². The molecule has 0 saturated carbocycles. The van der Waals surface area contributed by atoms with E-state index in [1.807, 2.05) is 24.3 Å². The van der Waals surface area contributed by atoms with E-state index in [0.717, 1.165) is 19.4 Å². The van der Waals surface area contributed by atoms with Crippen LogP contribution >= 0.6 is 0 Å². The molecule has 4 heteroatoms. The van der Waals surface area contributed by atoms with Gasteiger partial charge in [-0.3, -0.25) is 4.79 Å². The Bertz CT molecular complexity index is 438. The highest BCUT2D eigenvalue weighted by Gasteiger charge is 2.24. The monoisotopic (exact) mass is 243 g/mol. The van der Waals surface area contributed by atoms with Crippen LogP contribution in [0.2, 0.25) is 0 Å². The van der Waals surface area contributed by atoms with Gasteiger partial charge in [0, 0.05) is 24.8 Å². The quantitative estimate of drug-likeness (QED) is 0.875. The summed E-state index contributed by atoms with van der Waals surface area (Å²) in [5.74, 6) is -0.183. The van der Waals surface area contributed by atoms with Crippen molar-refractivity contribution in [2.45, 2.75) is 25.3 Å². The molecule has 2 rings (SSSR count). The van der Waals surface area contributed by atoms with Crippen molar-refractivity contribution in [1.29, 1.82) is 5.26 Å². The molecule has 1 aliphatic heterocycles. The molecule has 1 unspecified atom stereocenters. The van der Waals surface area contributed by atoms with E-state index in [1.165, 1.54) is 5.69 Å². The average molecular weight is 243 g/mol. The van der Waals surface area contributed by atoms with Crippen LogP contribution in [0.25, 0.3) is 0 Å². The van der Waals surface area contributed by atoms with Crippen molar-refractivity contribution >= 4 is 11.6 Å². The van der Waals surface area contributed by atoms with Gasteiger partial charge in [0.15, 0.2) is 0 Å². The van der Waals surface area contributed by atoms with Gasteiger partial charge in [-0.25, -0.2) is 0 Å². The van der Waals surface area contributed by atoms with E-state index in [1.54, 1.807) is 0 Å². The summed E-state index contributed by atoms with van der Waals surface area (Å²) in [7, 11) is 0. The highest BCUT2D eigenvalue weighted by atomic mass is 16.1. The van der Waals surface area contributed by atoms with Crippen molar-refractivity contribution < 1.29 is 4.79 Å². The summed E-state index contributed by atoms with van der Waals surface area (Å²) >= 11 is 0. The average Bonchev–Trinajstić information content (AvgIpc) is 2.86. The predicted molar refractivity (Wildman–Crippen MR) is 70.0 cm³/mol. The van der Waals surface area contributed by atoms with Gasteiger partial charge in [0.25, 0.3) is 0 Å². The first-order valence-corrected chi connectivity index (χ1v) is 6.26. The molecular weight excluding hydrogens is 226 g/mol. The normalized spacial score (nSPS) is 18.4. The third kappa shape index (κ3) is 3.01. The summed E-state index contributed by atoms with van der Waals surface area (Å²) in [5, 5.41) is 11.3. The number of nitriles is 1. The molecule has 4 nitrogen and oxygen atoms in total. The number of amides is 1. The summed E-state index contributed by atoms with van der Waals surface area (Å²) in [5.41, 5.74) is 1.20. The van der Waals surface area contributed by atoms with E-state index in [2.05, 4.69) is 22.3 Å². The second kappa shape index (κ2) is 6.06. The fourth-order valence-corrected chi connectivity index (χ4v) is 2.37. The molecule has 1 aromatic rings. The number of nitrogens with one attached hydrogen (secondary N) is 1. The summed E-state index contributed by atoms with van der Waals surface area (Å²) in [6, 6.07) is 12.4. The van der Waals surface area contributed by atoms with E-state index < -0.39 is 0 Å². The van der Waals surface area contributed by atoms with Gasteiger partial charge in [0.05, 0.1) is 6.07 Å². The number of hydrogen-bond acceptors (Lipinski definition) is 3.